The van der Waals surface area contributed by atoms with Gasteiger partial charge in [0.15, 0.2) is 0 Å². The summed E-state index contributed by atoms with van der Waals surface area (Å²) in [5, 5.41) is 11.0. The molecule has 0 aromatic carbocycles. The highest BCUT2D eigenvalue weighted by Crippen LogP contribution is 2.05. The molecule has 0 unspecified atom stereocenters. The molecule has 1 heterocycles. The molecule has 1 atom stereocenters. The summed E-state index contributed by atoms with van der Waals surface area (Å²) in [7, 11) is 0. The van der Waals surface area contributed by atoms with Crippen LogP contribution < -0.4 is 11.1 Å². The quantitative estimate of drug-likeness (QED) is 0.610. The molecule has 1 aromatic heterocycles. The minimum Gasteiger partial charge on any atom is -0.480 e. The Morgan fingerprint density at radius 1 is 1.47 bits per heavy atom. The lowest BCUT2D eigenvalue weighted by molar-refractivity contribution is -0.139. The Bertz CT molecular complexity index is 506. The van der Waals surface area contributed by atoms with Gasteiger partial charge in [0.2, 0.25) is 11.9 Å². The fraction of sp³-hybridized carbons (Fsp3) is 0.273. The van der Waals surface area contributed by atoms with Crippen LogP contribution in [-0.4, -0.2) is 33.9 Å². The first kappa shape index (κ1) is 14.6. The lowest BCUT2D eigenvalue weighted by atomic mass is 10.1. The van der Waals surface area contributed by atoms with Crippen molar-refractivity contribution in [3.8, 4) is 0 Å². The van der Waals surface area contributed by atoms with Crippen molar-refractivity contribution in [2.24, 2.45) is 5.73 Å². The summed E-state index contributed by atoms with van der Waals surface area (Å²) in [5.74, 6) is -3.94. The first-order valence-electron chi connectivity index (χ1n) is 5.34. The van der Waals surface area contributed by atoms with Crippen LogP contribution in [0.2, 0.25) is 0 Å². The average molecular weight is 269 g/mol. The predicted molar refractivity (Wildman–Crippen MR) is 61.5 cm³/mol. The van der Waals surface area contributed by atoms with E-state index in [1.54, 1.807) is 0 Å². The molecular weight excluding hydrogens is 257 g/mol. The number of primary amides is 1. The molecule has 4 N–H and O–H groups in total. The van der Waals surface area contributed by atoms with E-state index in [2.05, 4.69) is 10.3 Å². The number of halogens is 1. The van der Waals surface area contributed by atoms with Crippen LogP contribution in [0.25, 0.3) is 0 Å². The summed E-state index contributed by atoms with van der Waals surface area (Å²) in [6, 6.07) is 1.20. The molecule has 0 saturated carbocycles. The summed E-state index contributed by atoms with van der Waals surface area (Å²) >= 11 is 0. The molecule has 0 spiro atoms. The van der Waals surface area contributed by atoms with Crippen molar-refractivity contribution in [2.45, 2.75) is 18.9 Å². The smallest absolute Gasteiger partial charge is 0.326 e. The number of amides is 2. The molecule has 0 aliphatic rings. The standard InChI is InChI=1S/C11H12FN3O4/c12-9-6(2-1-5-14-9)10(17)15-7(11(18)19)3-4-8(13)16/h1-2,5,7H,3-4H2,(H2,13,16)(H,15,17)(H,18,19)/t7-/m0/s1. The SMILES string of the molecule is NC(=O)CC[C@H](NC(=O)c1cccnc1F)C(=O)O. The number of nitrogens with two attached hydrogens (primary N) is 1. The lowest BCUT2D eigenvalue weighted by Crippen LogP contribution is -2.41. The zero-order valence-electron chi connectivity index (χ0n) is 9.80. The molecule has 7 nitrogen and oxygen atoms in total. The maximum Gasteiger partial charge on any atom is 0.326 e. The van der Waals surface area contributed by atoms with Gasteiger partial charge >= 0.3 is 5.97 Å². The third kappa shape index (κ3) is 4.34. The van der Waals surface area contributed by atoms with Gasteiger partial charge in [-0.3, -0.25) is 9.59 Å². The summed E-state index contributed by atoms with van der Waals surface area (Å²) in [5.41, 5.74) is 4.52. The van der Waals surface area contributed by atoms with Crippen molar-refractivity contribution < 1.29 is 23.9 Å². The lowest BCUT2D eigenvalue weighted by Gasteiger charge is -2.13. The zero-order chi connectivity index (χ0) is 14.4. The number of nitrogens with one attached hydrogen (secondary N) is 1. The molecular formula is C11H12FN3O4. The molecule has 102 valence electrons. The third-order valence-electron chi connectivity index (χ3n) is 2.29. The van der Waals surface area contributed by atoms with Crippen molar-refractivity contribution in [1.82, 2.24) is 10.3 Å². The number of carboxylic acids is 1. The van der Waals surface area contributed by atoms with Gasteiger partial charge in [-0.1, -0.05) is 0 Å². The minimum atomic E-state index is -1.33. The van der Waals surface area contributed by atoms with E-state index in [0.29, 0.717) is 0 Å². The Morgan fingerprint density at radius 3 is 2.68 bits per heavy atom. The summed E-state index contributed by atoms with van der Waals surface area (Å²) in [6.45, 7) is 0. The van der Waals surface area contributed by atoms with E-state index in [9.17, 15) is 18.8 Å². The van der Waals surface area contributed by atoms with Crippen molar-refractivity contribution in [3.05, 3.63) is 29.8 Å². The van der Waals surface area contributed by atoms with Crippen molar-refractivity contribution >= 4 is 17.8 Å². The Kier molecular flexibility index (Phi) is 4.92. The van der Waals surface area contributed by atoms with Crippen LogP contribution in [0.1, 0.15) is 23.2 Å². The monoisotopic (exact) mass is 269 g/mol. The first-order valence-corrected chi connectivity index (χ1v) is 5.34. The Hall–Kier alpha value is -2.51. The summed E-state index contributed by atoms with van der Waals surface area (Å²) in [6.07, 6.45) is 0.791. The number of carboxylic acid groups (broad SMARTS) is 1. The van der Waals surface area contributed by atoms with Crippen LogP contribution in [0.3, 0.4) is 0 Å². The number of rotatable bonds is 6. The molecule has 0 bridgehead atoms. The molecule has 8 heteroatoms. The van der Waals surface area contributed by atoms with Gasteiger partial charge in [0.25, 0.3) is 5.91 Å². The highest BCUT2D eigenvalue weighted by molar-refractivity contribution is 5.96. The second kappa shape index (κ2) is 6.43. The predicted octanol–water partition coefficient (Wildman–Crippen LogP) is -0.331. The number of pyridine rings is 1. The van der Waals surface area contributed by atoms with Crippen LogP contribution in [0.4, 0.5) is 4.39 Å². The van der Waals surface area contributed by atoms with Gasteiger partial charge in [-0.25, -0.2) is 9.78 Å². The van der Waals surface area contributed by atoms with Gasteiger partial charge in [0, 0.05) is 12.6 Å². The number of nitrogens with zero attached hydrogens (tertiary/aromatic N) is 1. The maximum absolute atomic E-state index is 13.2. The van der Waals surface area contributed by atoms with Gasteiger partial charge in [-0.15, -0.1) is 0 Å². The highest BCUT2D eigenvalue weighted by Gasteiger charge is 2.22. The van der Waals surface area contributed by atoms with E-state index >= 15 is 0 Å². The van der Waals surface area contributed by atoms with Crippen LogP contribution in [0, 0.1) is 5.95 Å². The summed E-state index contributed by atoms with van der Waals surface area (Å²) in [4.78, 5) is 36.4. The van der Waals surface area contributed by atoms with Crippen LogP contribution in [0.15, 0.2) is 18.3 Å². The molecule has 1 rings (SSSR count). The largest absolute Gasteiger partial charge is 0.480 e. The van der Waals surface area contributed by atoms with Gasteiger partial charge < -0.3 is 16.2 Å². The number of carbonyl (C=O) groups is 3. The van der Waals surface area contributed by atoms with Gasteiger partial charge in [0.1, 0.15) is 6.04 Å². The molecule has 0 saturated heterocycles. The van der Waals surface area contributed by atoms with E-state index in [0.717, 1.165) is 6.20 Å². The van der Waals surface area contributed by atoms with E-state index in [4.69, 9.17) is 10.8 Å². The highest BCUT2D eigenvalue weighted by atomic mass is 19.1. The molecule has 1 aromatic rings. The van der Waals surface area contributed by atoms with Crippen molar-refractivity contribution in [3.63, 3.8) is 0 Å². The van der Waals surface area contributed by atoms with Gasteiger partial charge in [0.05, 0.1) is 5.56 Å². The van der Waals surface area contributed by atoms with Crippen molar-refractivity contribution in [1.29, 1.82) is 0 Å². The van der Waals surface area contributed by atoms with E-state index in [-0.39, 0.29) is 18.4 Å². The van der Waals surface area contributed by atoms with E-state index in [1.165, 1.54) is 12.1 Å². The topological polar surface area (TPSA) is 122 Å². The third-order valence-corrected chi connectivity index (χ3v) is 2.29. The van der Waals surface area contributed by atoms with Crippen LogP contribution in [0.5, 0.6) is 0 Å². The second-order valence-corrected chi connectivity index (χ2v) is 3.71. The number of hydrogen-bond donors (Lipinski definition) is 3. The number of aliphatic carboxylic acids is 1. The number of hydrogen-bond acceptors (Lipinski definition) is 4. The minimum absolute atomic E-state index is 0.168. The zero-order valence-corrected chi connectivity index (χ0v) is 9.80. The Labute approximate surface area is 107 Å². The molecule has 2 amide bonds. The fourth-order valence-electron chi connectivity index (χ4n) is 1.34. The first-order chi connectivity index (χ1) is 8.91. The second-order valence-electron chi connectivity index (χ2n) is 3.71. The van der Waals surface area contributed by atoms with Crippen LogP contribution in [-0.2, 0) is 9.59 Å². The van der Waals surface area contributed by atoms with E-state index in [1.807, 2.05) is 0 Å². The summed E-state index contributed by atoms with van der Waals surface area (Å²) < 4.78 is 13.2. The number of carbonyl (C=O) groups excluding carboxylic acids is 2. The number of aromatic nitrogens is 1. The van der Waals surface area contributed by atoms with Crippen LogP contribution >= 0.6 is 0 Å². The molecule has 0 fully saturated rings. The van der Waals surface area contributed by atoms with Gasteiger partial charge in [-0.05, 0) is 18.6 Å². The molecule has 0 aliphatic heterocycles. The van der Waals surface area contributed by atoms with Gasteiger partial charge in [-0.2, -0.15) is 4.39 Å². The average Bonchev–Trinajstić information content (AvgIpc) is 2.34. The van der Waals surface area contributed by atoms with E-state index < -0.39 is 29.8 Å². The normalized spacial score (nSPS) is 11.6. The maximum atomic E-state index is 13.2. The fourth-order valence-corrected chi connectivity index (χ4v) is 1.34. The molecule has 0 aliphatic carbocycles. The Morgan fingerprint density at radius 2 is 2.16 bits per heavy atom. The Balaban J connectivity index is 2.74. The molecule has 0 radical (unpaired) electrons. The van der Waals surface area contributed by atoms with Crippen molar-refractivity contribution in [2.75, 3.05) is 0 Å². The molecule has 19 heavy (non-hydrogen) atoms.